The molecule has 0 radical (unpaired) electrons. The van der Waals surface area contributed by atoms with Gasteiger partial charge in [0.1, 0.15) is 0 Å². The second-order valence-corrected chi connectivity index (χ2v) is 4.12. The van der Waals surface area contributed by atoms with Gasteiger partial charge >= 0.3 is 0 Å². The summed E-state index contributed by atoms with van der Waals surface area (Å²) in [6, 6.07) is 0. The van der Waals surface area contributed by atoms with Gasteiger partial charge in [0, 0.05) is 6.54 Å². The van der Waals surface area contributed by atoms with E-state index in [1.807, 2.05) is 19.9 Å². The molecule has 0 amide bonds. The molecule has 1 atom stereocenters. The Labute approximate surface area is 101 Å². The topological polar surface area (TPSA) is 12.0 Å². The number of rotatable bonds is 3. The summed E-state index contributed by atoms with van der Waals surface area (Å²) >= 11 is 0. The highest BCUT2D eigenvalue weighted by atomic mass is 14.9. The average Bonchev–Trinajstić information content (AvgIpc) is 2.32. The van der Waals surface area contributed by atoms with Crippen LogP contribution in [0.4, 0.5) is 0 Å². The van der Waals surface area contributed by atoms with Crippen molar-refractivity contribution in [1.82, 2.24) is 5.32 Å². The summed E-state index contributed by atoms with van der Waals surface area (Å²) in [6.07, 6.45) is 4.49. The van der Waals surface area contributed by atoms with Crippen molar-refractivity contribution in [3.63, 3.8) is 0 Å². The van der Waals surface area contributed by atoms with Gasteiger partial charge in [-0.3, -0.25) is 0 Å². The maximum atomic E-state index is 4.07. The van der Waals surface area contributed by atoms with Crippen LogP contribution in [0.1, 0.15) is 40.5 Å². The molecule has 1 aliphatic rings. The van der Waals surface area contributed by atoms with Crippen LogP contribution in [-0.4, -0.2) is 13.1 Å². The van der Waals surface area contributed by atoms with Crippen molar-refractivity contribution in [1.29, 1.82) is 0 Å². The van der Waals surface area contributed by atoms with Crippen molar-refractivity contribution in [2.45, 2.75) is 40.5 Å². The molecule has 1 fully saturated rings. The molecule has 1 aliphatic heterocycles. The molecule has 1 nitrogen and oxygen atoms in total. The van der Waals surface area contributed by atoms with E-state index in [0.717, 1.165) is 13.1 Å². The zero-order valence-corrected chi connectivity index (χ0v) is 11.4. The zero-order chi connectivity index (χ0) is 12.6. The Morgan fingerprint density at radius 1 is 1.31 bits per heavy atom. The van der Waals surface area contributed by atoms with Crippen LogP contribution >= 0.6 is 0 Å². The molecule has 0 aliphatic carbocycles. The Hall–Kier alpha value is -0.820. The summed E-state index contributed by atoms with van der Waals surface area (Å²) in [6.45, 7) is 18.4. The Bertz CT molecular complexity index is 255. The van der Waals surface area contributed by atoms with Gasteiger partial charge in [0.2, 0.25) is 0 Å². The van der Waals surface area contributed by atoms with Crippen LogP contribution in [0.5, 0.6) is 0 Å². The molecular formula is C15H27N. The predicted octanol–water partition coefficient (Wildman–Crippen LogP) is 4.09. The minimum atomic E-state index is 0.638. The third kappa shape index (κ3) is 4.36. The summed E-state index contributed by atoms with van der Waals surface area (Å²) in [5.41, 5.74) is 3.88. The summed E-state index contributed by atoms with van der Waals surface area (Å²) in [5, 5.41) is 3.44. The lowest BCUT2D eigenvalue weighted by Crippen LogP contribution is -2.31. The highest BCUT2D eigenvalue weighted by Crippen LogP contribution is 2.27. The quantitative estimate of drug-likeness (QED) is 0.708. The molecule has 16 heavy (non-hydrogen) atoms. The molecule has 0 bridgehead atoms. The third-order valence-electron chi connectivity index (χ3n) is 2.90. The third-order valence-corrected chi connectivity index (χ3v) is 2.90. The molecule has 92 valence electrons. The van der Waals surface area contributed by atoms with Crippen LogP contribution in [0, 0.1) is 5.92 Å². The second-order valence-electron chi connectivity index (χ2n) is 4.12. The lowest BCUT2D eigenvalue weighted by Gasteiger charge is -2.27. The largest absolute Gasteiger partial charge is 0.316 e. The van der Waals surface area contributed by atoms with Crippen LogP contribution in [0.2, 0.25) is 0 Å². The standard InChI is InChI=1S/C13H21N.C2H6/c1-5-11(4)13(10(2)3)12-7-6-8-14-9-12;1-2/h5,12,14H,1-2,6-9H2,3-4H3;1-2H3/b13-11+;. The molecule has 1 unspecified atom stereocenters. The number of nitrogens with one attached hydrogen (secondary N) is 1. The molecule has 1 rings (SSSR count). The second kappa shape index (κ2) is 8.35. The Kier molecular flexibility index (Phi) is 7.92. The monoisotopic (exact) mass is 221 g/mol. The lowest BCUT2D eigenvalue weighted by atomic mass is 9.85. The van der Waals surface area contributed by atoms with E-state index in [2.05, 4.69) is 32.3 Å². The molecule has 1 N–H and O–H groups in total. The first-order chi connectivity index (χ1) is 7.66. The van der Waals surface area contributed by atoms with Crippen LogP contribution in [0.15, 0.2) is 36.0 Å². The SMILES string of the molecule is C=C/C(C)=C(\C(=C)C)C1CCCNC1.CC. The molecule has 1 heterocycles. The predicted molar refractivity (Wildman–Crippen MR) is 74.7 cm³/mol. The van der Waals surface area contributed by atoms with Gasteiger partial charge in [-0.2, -0.15) is 0 Å². The Balaban J connectivity index is 0.00000106. The van der Waals surface area contributed by atoms with E-state index >= 15 is 0 Å². The van der Waals surface area contributed by atoms with Gasteiger partial charge in [-0.05, 0) is 50.3 Å². The van der Waals surface area contributed by atoms with E-state index < -0.39 is 0 Å². The van der Waals surface area contributed by atoms with Crippen molar-refractivity contribution in [3.8, 4) is 0 Å². The minimum absolute atomic E-state index is 0.638. The summed E-state index contributed by atoms with van der Waals surface area (Å²) < 4.78 is 0. The molecule has 0 aromatic heterocycles. The first kappa shape index (κ1) is 15.2. The normalized spacial score (nSPS) is 21.4. The Morgan fingerprint density at radius 2 is 1.94 bits per heavy atom. The van der Waals surface area contributed by atoms with Gasteiger partial charge in [0.25, 0.3) is 0 Å². The highest BCUT2D eigenvalue weighted by Gasteiger charge is 2.18. The number of allylic oxidation sites excluding steroid dienone is 3. The van der Waals surface area contributed by atoms with Crippen molar-refractivity contribution in [2.24, 2.45) is 5.92 Å². The maximum absolute atomic E-state index is 4.07. The van der Waals surface area contributed by atoms with E-state index in [4.69, 9.17) is 0 Å². The van der Waals surface area contributed by atoms with Gasteiger partial charge < -0.3 is 5.32 Å². The van der Waals surface area contributed by atoms with Crippen LogP contribution in [0.3, 0.4) is 0 Å². The molecule has 1 heteroatoms. The van der Waals surface area contributed by atoms with E-state index in [9.17, 15) is 0 Å². The van der Waals surface area contributed by atoms with Gasteiger partial charge in [0.05, 0.1) is 0 Å². The molecule has 0 spiro atoms. The fourth-order valence-electron chi connectivity index (χ4n) is 2.22. The summed E-state index contributed by atoms with van der Waals surface area (Å²) in [7, 11) is 0. The van der Waals surface area contributed by atoms with Gasteiger partial charge in [-0.15, -0.1) is 0 Å². The summed E-state index contributed by atoms with van der Waals surface area (Å²) in [4.78, 5) is 0. The highest BCUT2D eigenvalue weighted by molar-refractivity contribution is 5.38. The fourth-order valence-corrected chi connectivity index (χ4v) is 2.22. The molecule has 0 aromatic rings. The lowest BCUT2D eigenvalue weighted by molar-refractivity contribution is 0.423. The zero-order valence-electron chi connectivity index (χ0n) is 11.4. The van der Waals surface area contributed by atoms with Gasteiger partial charge in [-0.1, -0.05) is 38.7 Å². The van der Waals surface area contributed by atoms with Crippen molar-refractivity contribution in [3.05, 3.63) is 36.0 Å². The Morgan fingerprint density at radius 3 is 2.31 bits per heavy atom. The molecular weight excluding hydrogens is 194 g/mol. The minimum Gasteiger partial charge on any atom is -0.316 e. The van der Waals surface area contributed by atoms with Crippen molar-refractivity contribution in [2.75, 3.05) is 13.1 Å². The summed E-state index contributed by atoms with van der Waals surface area (Å²) in [5.74, 6) is 0.638. The van der Waals surface area contributed by atoms with E-state index in [0.29, 0.717) is 5.92 Å². The first-order valence-corrected chi connectivity index (χ1v) is 6.36. The molecule has 0 saturated carbocycles. The van der Waals surface area contributed by atoms with Gasteiger partial charge in [-0.25, -0.2) is 0 Å². The van der Waals surface area contributed by atoms with Crippen molar-refractivity contribution < 1.29 is 0 Å². The number of hydrogen-bond acceptors (Lipinski definition) is 1. The number of piperidine rings is 1. The molecule has 0 aromatic carbocycles. The van der Waals surface area contributed by atoms with Gasteiger partial charge in [0.15, 0.2) is 0 Å². The van der Waals surface area contributed by atoms with Crippen LogP contribution in [-0.2, 0) is 0 Å². The van der Waals surface area contributed by atoms with E-state index in [-0.39, 0.29) is 0 Å². The van der Waals surface area contributed by atoms with Crippen LogP contribution in [0.25, 0.3) is 0 Å². The first-order valence-electron chi connectivity index (χ1n) is 6.36. The van der Waals surface area contributed by atoms with E-state index in [1.165, 1.54) is 29.6 Å². The van der Waals surface area contributed by atoms with Crippen molar-refractivity contribution >= 4 is 0 Å². The smallest absolute Gasteiger partial charge is 0.00203 e. The number of hydrogen-bond donors (Lipinski definition) is 1. The van der Waals surface area contributed by atoms with E-state index in [1.54, 1.807) is 0 Å². The maximum Gasteiger partial charge on any atom is 0.00203 e. The molecule has 1 saturated heterocycles. The van der Waals surface area contributed by atoms with Crippen LogP contribution < -0.4 is 5.32 Å². The average molecular weight is 221 g/mol. The fraction of sp³-hybridized carbons (Fsp3) is 0.600.